The highest BCUT2D eigenvalue weighted by Crippen LogP contribution is 2.37. The summed E-state index contributed by atoms with van der Waals surface area (Å²) in [6.45, 7) is 0.334. The molecular formula is C20H18N4O3S. The van der Waals surface area contributed by atoms with Crippen molar-refractivity contribution in [2.45, 2.75) is 11.3 Å². The molecule has 7 nitrogen and oxygen atoms in total. The minimum atomic E-state index is -3.76. The maximum absolute atomic E-state index is 13.2. The van der Waals surface area contributed by atoms with Crippen LogP contribution in [0.25, 0.3) is 11.3 Å². The molecule has 0 radical (unpaired) electrons. The molecule has 1 amide bonds. The Bertz CT molecular complexity index is 1130. The number of sulfonamides is 1. The Kier molecular flexibility index (Phi) is 4.56. The van der Waals surface area contributed by atoms with Gasteiger partial charge in [0.1, 0.15) is 0 Å². The van der Waals surface area contributed by atoms with Crippen LogP contribution in [-0.4, -0.2) is 37.9 Å². The van der Waals surface area contributed by atoms with E-state index in [4.69, 9.17) is 0 Å². The van der Waals surface area contributed by atoms with E-state index in [0.717, 1.165) is 16.8 Å². The minimum Gasteiger partial charge on any atom is -0.355 e. The number of nitrogens with zero attached hydrogens (tertiary/aromatic N) is 3. The van der Waals surface area contributed by atoms with Crippen molar-refractivity contribution in [2.24, 2.45) is 0 Å². The van der Waals surface area contributed by atoms with Gasteiger partial charge in [-0.1, -0.05) is 6.07 Å². The highest BCUT2D eigenvalue weighted by atomic mass is 32.2. The Morgan fingerprint density at radius 2 is 1.89 bits per heavy atom. The number of anilines is 1. The van der Waals surface area contributed by atoms with E-state index in [1.165, 1.54) is 35.6 Å². The standard InChI is InChI=1S/C20H18N4O3S/c1-21-20(25)14-5-7-15(8-6-14)28(26,27)24-11-9-16-17(12-22-13-19(16)24)18-4-2-3-10-23-18/h2-8,10,12-13H,9,11H2,1H3,(H,21,25). The second kappa shape index (κ2) is 7.05. The zero-order valence-corrected chi connectivity index (χ0v) is 16.0. The highest BCUT2D eigenvalue weighted by molar-refractivity contribution is 7.92. The summed E-state index contributed by atoms with van der Waals surface area (Å²) in [5, 5.41) is 2.52. The fraction of sp³-hybridized carbons (Fsp3) is 0.150. The molecule has 0 saturated heterocycles. The summed E-state index contributed by atoms with van der Waals surface area (Å²) in [6, 6.07) is 11.5. The third-order valence-corrected chi connectivity index (χ3v) is 6.57. The zero-order chi connectivity index (χ0) is 19.7. The molecule has 0 bridgehead atoms. The first-order valence-corrected chi connectivity index (χ1v) is 10.2. The average Bonchev–Trinajstić information content (AvgIpc) is 3.19. The third kappa shape index (κ3) is 3.01. The first-order chi connectivity index (χ1) is 13.5. The molecule has 142 valence electrons. The molecule has 28 heavy (non-hydrogen) atoms. The monoisotopic (exact) mass is 394 g/mol. The summed E-state index contributed by atoms with van der Waals surface area (Å²) in [6.07, 6.45) is 5.58. The Balaban J connectivity index is 1.72. The van der Waals surface area contributed by atoms with Crippen LogP contribution < -0.4 is 9.62 Å². The van der Waals surface area contributed by atoms with Crippen molar-refractivity contribution in [1.29, 1.82) is 0 Å². The molecule has 4 rings (SSSR count). The van der Waals surface area contributed by atoms with Crippen LogP contribution in [0.3, 0.4) is 0 Å². The van der Waals surface area contributed by atoms with Crippen LogP contribution in [0.1, 0.15) is 15.9 Å². The van der Waals surface area contributed by atoms with E-state index in [9.17, 15) is 13.2 Å². The number of fused-ring (bicyclic) bond motifs is 1. The van der Waals surface area contributed by atoms with Gasteiger partial charge in [-0.05, 0) is 48.4 Å². The number of rotatable bonds is 4. The molecule has 0 unspecified atom stereocenters. The van der Waals surface area contributed by atoms with Gasteiger partial charge in [0.05, 0.1) is 22.5 Å². The normalized spacial score (nSPS) is 13.2. The van der Waals surface area contributed by atoms with Crippen LogP contribution >= 0.6 is 0 Å². The second-order valence-electron chi connectivity index (χ2n) is 6.33. The molecular weight excluding hydrogens is 376 g/mol. The van der Waals surface area contributed by atoms with Crippen molar-refractivity contribution in [1.82, 2.24) is 15.3 Å². The Morgan fingerprint density at radius 3 is 2.57 bits per heavy atom. The topological polar surface area (TPSA) is 92.3 Å². The number of aromatic nitrogens is 2. The van der Waals surface area contributed by atoms with Crippen molar-refractivity contribution in [2.75, 3.05) is 17.9 Å². The largest absolute Gasteiger partial charge is 0.355 e. The molecule has 8 heteroatoms. The lowest BCUT2D eigenvalue weighted by Gasteiger charge is -2.19. The number of carbonyl (C=O) groups is 1. The fourth-order valence-corrected chi connectivity index (χ4v) is 4.81. The van der Waals surface area contributed by atoms with E-state index in [2.05, 4.69) is 15.3 Å². The predicted octanol–water partition coefficient (Wildman–Crippen LogP) is 2.25. The lowest BCUT2D eigenvalue weighted by molar-refractivity contribution is 0.0963. The smallest absolute Gasteiger partial charge is 0.264 e. The number of hydrogen-bond acceptors (Lipinski definition) is 5. The van der Waals surface area contributed by atoms with Gasteiger partial charge in [0.25, 0.3) is 15.9 Å². The molecule has 1 N–H and O–H groups in total. The quantitative estimate of drug-likeness (QED) is 0.733. The average molecular weight is 394 g/mol. The minimum absolute atomic E-state index is 0.135. The van der Waals surface area contributed by atoms with Gasteiger partial charge < -0.3 is 5.32 Å². The molecule has 2 aromatic heterocycles. The van der Waals surface area contributed by atoms with Crippen LogP contribution in [0.15, 0.2) is 66.0 Å². The van der Waals surface area contributed by atoms with Crippen molar-refractivity contribution in [3.8, 4) is 11.3 Å². The molecule has 0 fully saturated rings. The van der Waals surface area contributed by atoms with Gasteiger partial charge in [0.2, 0.25) is 0 Å². The van der Waals surface area contributed by atoms with Crippen molar-refractivity contribution in [3.63, 3.8) is 0 Å². The number of amides is 1. The highest BCUT2D eigenvalue weighted by Gasteiger charge is 2.33. The number of hydrogen-bond donors (Lipinski definition) is 1. The maximum Gasteiger partial charge on any atom is 0.264 e. The van der Waals surface area contributed by atoms with Crippen LogP contribution in [-0.2, 0) is 16.4 Å². The SMILES string of the molecule is CNC(=O)c1ccc(S(=O)(=O)N2CCc3c(-c4ccccn4)cncc32)cc1. The summed E-state index contributed by atoms with van der Waals surface area (Å²) in [5.41, 5.74) is 3.49. The lowest BCUT2D eigenvalue weighted by Crippen LogP contribution is -2.29. The second-order valence-corrected chi connectivity index (χ2v) is 8.19. The fourth-order valence-electron chi connectivity index (χ4n) is 3.33. The third-order valence-electron chi connectivity index (χ3n) is 4.74. The van der Waals surface area contributed by atoms with Crippen molar-refractivity contribution in [3.05, 3.63) is 72.2 Å². The molecule has 3 heterocycles. The summed E-state index contributed by atoms with van der Waals surface area (Å²) < 4.78 is 27.7. The maximum atomic E-state index is 13.2. The first kappa shape index (κ1) is 18.1. The number of nitrogens with one attached hydrogen (secondary N) is 1. The lowest BCUT2D eigenvalue weighted by atomic mass is 10.0. The molecule has 1 aromatic carbocycles. The van der Waals surface area contributed by atoms with E-state index in [-0.39, 0.29) is 10.8 Å². The van der Waals surface area contributed by atoms with Crippen molar-refractivity contribution >= 4 is 21.6 Å². The van der Waals surface area contributed by atoms with Gasteiger partial charge in [-0.3, -0.25) is 19.1 Å². The molecule has 0 spiro atoms. The van der Waals surface area contributed by atoms with Crippen LogP contribution in [0.2, 0.25) is 0 Å². The molecule has 0 atom stereocenters. The molecule has 1 aliphatic heterocycles. The van der Waals surface area contributed by atoms with E-state index >= 15 is 0 Å². The van der Waals surface area contributed by atoms with Crippen LogP contribution in [0.4, 0.5) is 5.69 Å². The number of benzene rings is 1. The van der Waals surface area contributed by atoms with E-state index in [1.807, 2.05) is 18.2 Å². The summed E-state index contributed by atoms with van der Waals surface area (Å²) >= 11 is 0. The van der Waals surface area contributed by atoms with Gasteiger partial charge >= 0.3 is 0 Å². The van der Waals surface area contributed by atoms with Crippen LogP contribution in [0.5, 0.6) is 0 Å². The van der Waals surface area contributed by atoms with Gasteiger partial charge in [0, 0.05) is 37.1 Å². The van der Waals surface area contributed by atoms with E-state index < -0.39 is 10.0 Å². The zero-order valence-electron chi connectivity index (χ0n) is 15.2. The number of pyridine rings is 2. The summed E-state index contributed by atoms with van der Waals surface area (Å²) in [5.74, 6) is -0.264. The Hall–Kier alpha value is -3.26. The molecule has 0 aliphatic carbocycles. The molecule has 1 aliphatic rings. The Labute approximate surface area is 163 Å². The molecule has 0 saturated carbocycles. The first-order valence-electron chi connectivity index (χ1n) is 8.75. The summed E-state index contributed by atoms with van der Waals surface area (Å²) in [7, 11) is -2.23. The van der Waals surface area contributed by atoms with Crippen LogP contribution in [0, 0.1) is 0 Å². The van der Waals surface area contributed by atoms with Gasteiger partial charge in [-0.25, -0.2) is 8.42 Å². The van der Waals surface area contributed by atoms with E-state index in [0.29, 0.717) is 24.2 Å². The van der Waals surface area contributed by atoms with Gasteiger partial charge in [-0.2, -0.15) is 0 Å². The predicted molar refractivity (Wildman–Crippen MR) is 106 cm³/mol. The van der Waals surface area contributed by atoms with Gasteiger partial charge in [-0.15, -0.1) is 0 Å². The van der Waals surface area contributed by atoms with Crippen molar-refractivity contribution < 1.29 is 13.2 Å². The Morgan fingerprint density at radius 1 is 1.11 bits per heavy atom. The number of carbonyl (C=O) groups excluding carboxylic acids is 1. The van der Waals surface area contributed by atoms with Gasteiger partial charge in [0.15, 0.2) is 0 Å². The summed E-state index contributed by atoms with van der Waals surface area (Å²) in [4.78, 5) is 20.4. The van der Waals surface area contributed by atoms with E-state index in [1.54, 1.807) is 18.6 Å². The molecule has 3 aromatic rings.